The molecule has 3 nitrogen and oxygen atoms in total. The number of rotatable bonds is 7. The second kappa shape index (κ2) is 7.85. The number of hydrogen-bond acceptors (Lipinski definition) is 3. The molecule has 0 aromatic heterocycles. The van der Waals surface area contributed by atoms with E-state index in [-0.39, 0.29) is 13.2 Å². The quantitative estimate of drug-likeness (QED) is 0.754. The minimum Gasteiger partial charge on any atom is -0.493 e. The second-order valence-electron chi connectivity index (χ2n) is 4.23. The lowest BCUT2D eigenvalue weighted by Gasteiger charge is -2.14. The molecule has 1 aromatic carbocycles. The molecule has 0 spiro atoms. The van der Waals surface area contributed by atoms with Gasteiger partial charge in [0.15, 0.2) is 0 Å². The molecule has 1 N–H and O–H groups in total. The molecule has 0 aliphatic heterocycles. The molecule has 0 aliphatic carbocycles. The first-order valence-electron chi connectivity index (χ1n) is 6.04. The van der Waals surface area contributed by atoms with E-state index in [1.165, 1.54) is 0 Å². The minimum atomic E-state index is -4.30. The van der Waals surface area contributed by atoms with Gasteiger partial charge in [0, 0.05) is 16.5 Å². The molecule has 0 amide bonds. The number of alkyl halides is 3. The van der Waals surface area contributed by atoms with Gasteiger partial charge in [0.1, 0.15) is 12.4 Å². The zero-order chi connectivity index (χ0) is 15.2. The summed E-state index contributed by atoms with van der Waals surface area (Å²) in [4.78, 5) is 0. The normalized spacial score (nSPS) is 13.3. The molecule has 0 fully saturated rings. The van der Waals surface area contributed by atoms with E-state index in [0.717, 1.165) is 4.47 Å². The van der Waals surface area contributed by atoms with Crippen LogP contribution in [0.1, 0.15) is 25.0 Å². The average molecular weight is 357 g/mol. The summed E-state index contributed by atoms with van der Waals surface area (Å²) in [5, 5.41) is 9.58. The summed E-state index contributed by atoms with van der Waals surface area (Å²) >= 11 is 3.29. The number of aliphatic hydroxyl groups is 1. The van der Waals surface area contributed by atoms with Gasteiger partial charge in [-0.1, -0.05) is 22.0 Å². The highest BCUT2D eigenvalue weighted by Gasteiger charge is 2.27. The molecule has 0 heterocycles. The summed E-state index contributed by atoms with van der Waals surface area (Å²) < 4.78 is 46.2. The van der Waals surface area contributed by atoms with Crippen LogP contribution in [-0.2, 0) is 4.74 Å². The summed E-state index contributed by atoms with van der Waals surface area (Å²) in [6.07, 6.45) is -4.65. The SMILES string of the molecule is C[C@H](O)c1ccc(Br)cc1OCCCOCC(F)(F)F. The molecule has 1 atom stereocenters. The molecule has 114 valence electrons. The first kappa shape index (κ1) is 17.3. The fourth-order valence-electron chi connectivity index (χ4n) is 1.51. The number of benzene rings is 1. The number of halogens is 4. The van der Waals surface area contributed by atoms with Crippen molar-refractivity contribution in [1.29, 1.82) is 0 Å². The van der Waals surface area contributed by atoms with Crippen LogP contribution in [0.2, 0.25) is 0 Å². The Morgan fingerprint density at radius 2 is 2.00 bits per heavy atom. The predicted octanol–water partition coefficient (Wildman–Crippen LogP) is 3.85. The summed E-state index contributed by atoms with van der Waals surface area (Å²) in [6, 6.07) is 5.21. The Hall–Kier alpha value is -0.790. The first-order valence-corrected chi connectivity index (χ1v) is 6.83. The highest BCUT2D eigenvalue weighted by Crippen LogP contribution is 2.28. The maximum absolute atomic E-state index is 11.8. The van der Waals surface area contributed by atoms with Gasteiger partial charge in [-0.15, -0.1) is 0 Å². The van der Waals surface area contributed by atoms with Gasteiger partial charge < -0.3 is 14.6 Å². The predicted molar refractivity (Wildman–Crippen MR) is 71.8 cm³/mol. The van der Waals surface area contributed by atoms with E-state index in [1.54, 1.807) is 25.1 Å². The maximum Gasteiger partial charge on any atom is 0.411 e. The van der Waals surface area contributed by atoms with Crippen LogP contribution in [0.4, 0.5) is 13.2 Å². The Kier molecular flexibility index (Phi) is 6.78. The zero-order valence-electron chi connectivity index (χ0n) is 10.9. The van der Waals surface area contributed by atoms with Crippen LogP contribution in [-0.4, -0.2) is 31.1 Å². The van der Waals surface area contributed by atoms with Gasteiger partial charge in [0.2, 0.25) is 0 Å². The van der Waals surface area contributed by atoms with Crippen LogP contribution in [0, 0.1) is 0 Å². The van der Waals surface area contributed by atoms with Crippen molar-refractivity contribution in [3.05, 3.63) is 28.2 Å². The van der Waals surface area contributed by atoms with E-state index < -0.39 is 18.9 Å². The van der Waals surface area contributed by atoms with Crippen molar-refractivity contribution in [3.8, 4) is 5.75 Å². The molecule has 0 saturated heterocycles. The van der Waals surface area contributed by atoms with Crippen molar-refractivity contribution in [2.45, 2.75) is 25.6 Å². The van der Waals surface area contributed by atoms with Crippen molar-refractivity contribution in [2.24, 2.45) is 0 Å². The molecule has 1 rings (SSSR count). The van der Waals surface area contributed by atoms with Crippen molar-refractivity contribution in [2.75, 3.05) is 19.8 Å². The summed E-state index contributed by atoms with van der Waals surface area (Å²) in [6.45, 7) is 0.552. The molecule has 0 aliphatic rings. The Morgan fingerprint density at radius 3 is 2.60 bits per heavy atom. The van der Waals surface area contributed by atoms with Crippen LogP contribution >= 0.6 is 15.9 Å². The monoisotopic (exact) mass is 356 g/mol. The van der Waals surface area contributed by atoms with Crippen LogP contribution < -0.4 is 4.74 Å². The Balaban J connectivity index is 2.37. The van der Waals surface area contributed by atoms with Gasteiger partial charge in [-0.2, -0.15) is 13.2 Å². The second-order valence-corrected chi connectivity index (χ2v) is 5.14. The lowest BCUT2D eigenvalue weighted by molar-refractivity contribution is -0.174. The molecule has 0 saturated carbocycles. The Bertz CT molecular complexity index is 422. The highest BCUT2D eigenvalue weighted by atomic mass is 79.9. The maximum atomic E-state index is 11.8. The Morgan fingerprint density at radius 1 is 1.30 bits per heavy atom. The van der Waals surface area contributed by atoms with E-state index in [2.05, 4.69) is 20.7 Å². The minimum absolute atomic E-state index is 0.0302. The topological polar surface area (TPSA) is 38.7 Å². The molecule has 0 bridgehead atoms. The molecular weight excluding hydrogens is 341 g/mol. The fourth-order valence-corrected chi connectivity index (χ4v) is 1.85. The zero-order valence-corrected chi connectivity index (χ0v) is 12.5. The first-order chi connectivity index (χ1) is 9.29. The van der Waals surface area contributed by atoms with Crippen molar-refractivity contribution in [3.63, 3.8) is 0 Å². The van der Waals surface area contributed by atoms with Gasteiger partial charge in [-0.25, -0.2) is 0 Å². The number of hydrogen-bond donors (Lipinski definition) is 1. The van der Waals surface area contributed by atoms with Gasteiger partial charge >= 0.3 is 6.18 Å². The van der Waals surface area contributed by atoms with E-state index in [0.29, 0.717) is 17.7 Å². The van der Waals surface area contributed by atoms with E-state index in [9.17, 15) is 18.3 Å². The highest BCUT2D eigenvalue weighted by molar-refractivity contribution is 9.10. The van der Waals surface area contributed by atoms with Gasteiger partial charge in [-0.3, -0.25) is 0 Å². The summed E-state index contributed by atoms with van der Waals surface area (Å²) in [5.74, 6) is 0.505. The Labute approximate surface area is 123 Å². The van der Waals surface area contributed by atoms with Crippen molar-refractivity contribution in [1.82, 2.24) is 0 Å². The van der Waals surface area contributed by atoms with Gasteiger partial charge in [0.25, 0.3) is 0 Å². The van der Waals surface area contributed by atoms with Crippen LogP contribution in [0.25, 0.3) is 0 Å². The largest absolute Gasteiger partial charge is 0.493 e. The summed E-state index contributed by atoms with van der Waals surface area (Å²) in [5.41, 5.74) is 0.629. The average Bonchev–Trinajstić information content (AvgIpc) is 2.32. The van der Waals surface area contributed by atoms with E-state index in [4.69, 9.17) is 4.74 Å². The summed E-state index contributed by atoms with van der Waals surface area (Å²) in [7, 11) is 0. The van der Waals surface area contributed by atoms with Gasteiger partial charge in [0.05, 0.1) is 19.3 Å². The number of ether oxygens (including phenoxy) is 2. The van der Waals surface area contributed by atoms with E-state index >= 15 is 0 Å². The van der Waals surface area contributed by atoms with Crippen LogP contribution in [0.5, 0.6) is 5.75 Å². The third-order valence-corrected chi connectivity index (χ3v) is 2.88. The fraction of sp³-hybridized carbons (Fsp3) is 0.538. The standard InChI is InChI=1S/C13H16BrF3O3/c1-9(18)11-4-3-10(14)7-12(11)20-6-2-5-19-8-13(15,16)17/h3-4,7,9,18H,2,5-6,8H2,1H3/t9-/m0/s1. The van der Waals surface area contributed by atoms with Crippen molar-refractivity contribution < 1.29 is 27.8 Å². The van der Waals surface area contributed by atoms with Crippen molar-refractivity contribution >= 4 is 15.9 Å². The smallest absolute Gasteiger partial charge is 0.411 e. The lowest BCUT2D eigenvalue weighted by Crippen LogP contribution is -2.18. The molecule has 0 radical (unpaired) electrons. The lowest BCUT2D eigenvalue weighted by atomic mass is 10.1. The molecular formula is C13H16BrF3O3. The van der Waals surface area contributed by atoms with E-state index in [1.807, 2.05) is 0 Å². The third-order valence-electron chi connectivity index (χ3n) is 2.38. The molecule has 20 heavy (non-hydrogen) atoms. The molecule has 7 heteroatoms. The third kappa shape index (κ3) is 6.58. The molecule has 0 unspecified atom stereocenters. The van der Waals surface area contributed by atoms with Crippen LogP contribution in [0.15, 0.2) is 22.7 Å². The number of aliphatic hydroxyl groups excluding tert-OH is 1. The molecule has 1 aromatic rings. The van der Waals surface area contributed by atoms with Crippen LogP contribution in [0.3, 0.4) is 0 Å². The van der Waals surface area contributed by atoms with Gasteiger partial charge in [-0.05, 0) is 19.1 Å².